The molecule has 94 valence electrons. The van der Waals surface area contributed by atoms with E-state index in [0.717, 1.165) is 0 Å². The minimum Gasteiger partial charge on any atom is -0.481 e. The Morgan fingerprint density at radius 3 is 2.65 bits per heavy atom. The zero-order chi connectivity index (χ0) is 13.0. The lowest BCUT2D eigenvalue weighted by Gasteiger charge is -2.27. The summed E-state index contributed by atoms with van der Waals surface area (Å²) in [5.41, 5.74) is 11.5. The molecule has 0 fully saturated rings. The van der Waals surface area contributed by atoms with E-state index in [0.29, 0.717) is 17.4 Å². The number of aromatic nitrogens is 1. The van der Waals surface area contributed by atoms with Gasteiger partial charge in [-0.3, -0.25) is 4.79 Å². The van der Waals surface area contributed by atoms with Crippen LogP contribution in [0.25, 0.3) is 0 Å². The van der Waals surface area contributed by atoms with Crippen LogP contribution in [0.3, 0.4) is 0 Å². The van der Waals surface area contributed by atoms with E-state index >= 15 is 0 Å². The first-order chi connectivity index (χ1) is 7.95. The van der Waals surface area contributed by atoms with Crippen LogP contribution in [0.1, 0.15) is 13.8 Å². The van der Waals surface area contributed by atoms with Gasteiger partial charge in [0, 0.05) is 12.1 Å². The summed E-state index contributed by atoms with van der Waals surface area (Å²) in [6.45, 7) is 3.94. The molecule has 0 saturated carbocycles. The van der Waals surface area contributed by atoms with Crippen molar-refractivity contribution in [2.75, 3.05) is 24.3 Å². The molecule has 0 aliphatic heterocycles. The van der Waals surface area contributed by atoms with Gasteiger partial charge in [-0.15, -0.1) is 0 Å². The third kappa shape index (κ3) is 3.24. The number of nitrogens with two attached hydrogens (primary N) is 2. The van der Waals surface area contributed by atoms with Crippen molar-refractivity contribution in [3.05, 3.63) is 12.1 Å². The third-order valence-corrected chi connectivity index (χ3v) is 2.31. The summed E-state index contributed by atoms with van der Waals surface area (Å²) >= 11 is 0. The molecule has 1 heterocycles. The van der Waals surface area contributed by atoms with E-state index in [1.54, 1.807) is 17.0 Å². The molecule has 0 saturated heterocycles. The Hall–Kier alpha value is -1.98. The predicted molar refractivity (Wildman–Crippen MR) is 66.9 cm³/mol. The molecule has 0 unspecified atom stereocenters. The van der Waals surface area contributed by atoms with Gasteiger partial charge >= 0.3 is 0 Å². The van der Waals surface area contributed by atoms with Crippen molar-refractivity contribution < 1.29 is 9.53 Å². The van der Waals surface area contributed by atoms with Gasteiger partial charge in [-0.25, -0.2) is 0 Å². The van der Waals surface area contributed by atoms with Crippen molar-refractivity contribution in [3.63, 3.8) is 0 Å². The Morgan fingerprint density at radius 1 is 1.53 bits per heavy atom. The highest BCUT2D eigenvalue weighted by molar-refractivity contribution is 5.81. The molecule has 1 amide bonds. The maximum atomic E-state index is 11.0. The van der Waals surface area contributed by atoms with Crippen LogP contribution in [0.4, 0.5) is 11.5 Å². The Labute approximate surface area is 101 Å². The van der Waals surface area contributed by atoms with E-state index in [-0.39, 0.29) is 12.6 Å². The molecule has 6 nitrogen and oxygen atoms in total. The molecule has 0 radical (unpaired) electrons. The van der Waals surface area contributed by atoms with E-state index in [2.05, 4.69) is 4.98 Å². The fraction of sp³-hybridized carbons (Fsp3) is 0.455. The van der Waals surface area contributed by atoms with Crippen molar-refractivity contribution in [2.45, 2.75) is 19.9 Å². The van der Waals surface area contributed by atoms with E-state index in [4.69, 9.17) is 16.2 Å². The average molecular weight is 238 g/mol. The van der Waals surface area contributed by atoms with Gasteiger partial charge in [0.25, 0.3) is 0 Å². The molecule has 0 aromatic carbocycles. The summed E-state index contributed by atoms with van der Waals surface area (Å²) < 4.78 is 5.04. The van der Waals surface area contributed by atoms with Gasteiger partial charge in [0.05, 0.1) is 19.3 Å². The zero-order valence-electron chi connectivity index (χ0n) is 10.3. The molecule has 1 aromatic heterocycles. The van der Waals surface area contributed by atoms with Crippen molar-refractivity contribution in [1.29, 1.82) is 0 Å². The van der Waals surface area contributed by atoms with Crippen LogP contribution in [0.5, 0.6) is 5.88 Å². The molecule has 17 heavy (non-hydrogen) atoms. The van der Waals surface area contributed by atoms with E-state index < -0.39 is 5.91 Å². The van der Waals surface area contributed by atoms with Crippen molar-refractivity contribution in [2.24, 2.45) is 5.73 Å². The number of rotatable bonds is 5. The van der Waals surface area contributed by atoms with Crippen LogP contribution < -0.4 is 21.1 Å². The lowest BCUT2D eigenvalue weighted by molar-refractivity contribution is -0.116. The SMILES string of the molecule is COc1ccc(N)c(N(CC(N)=O)C(C)C)n1. The quantitative estimate of drug-likeness (QED) is 0.773. The molecule has 0 bridgehead atoms. The monoisotopic (exact) mass is 238 g/mol. The number of ether oxygens (including phenoxy) is 1. The predicted octanol–water partition coefficient (Wildman–Crippen LogP) is 0.372. The Balaban J connectivity index is 3.12. The molecule has 0 atom stereocenters. The van der Waals surface area contributed by atoms with Crippen LogP contribution in [-0.4, -0.2) is 30.6 Å². The fourth-order valence-corrected chi connectivity index (χ4v) is 1.46. The normalized spacial score (nSPS) is 10.4. The number of hydrogen-bond acceptors (Lipinski definition) is 5. The van der Waals surface area contributed by atoms with Gasteiger partial charge in [-0.2, -0.15) is 4.98 Å². The van der Waals surface area contributed by atoms with Gasteiger partial charge in [0.15, 0.2) is 5.82 Å². The minimum atomic E-state index is -0.428. The highest BCUT2D eigenvalue weighted by Crippen LogP contribution is 2.25. The number of hydrogen-bond donors (Lipinski definition) is 2. The lowest BCUT2D eigenvalue weighted by atomic mass is 10.2. The van der Waals surface area contributed by atoms with Crippen LogP contribution in [0, 0.1) is 0 Å². The zero-order valence-corrected chi connectivity index (χ0v) is 10.3. The number of amides is 1. The molecular weight excluding hydrogens is 220 g/mol. The molecule has 6 heteroatoms. The molecule has 0 spiro atoms. The summed E-state index contributed by atoms with van der Waals surface area (Å²) in [5, 5.41) is 0. The molecule has 1 aromatic rings. The fourth-order valence-electron chi connectivity index (χ4n) is 1.46. The number of carbonyl (C=O) groups excluding carboxylic acids is 1. The summed E-state index contributed by atoms with van der Waals surface area (Å²) in [6.07, 6.45) is 0. The Bertz CT molecular complexity index is 406. The summed E-state index contributed by atoms with van der Waals surface area (Å²) in [6, 6.07) is 3.42. The molecule has 1 rings (SSSR count). The number of pyridine rings is 1. The number of nitrogen functional groups attached to an aromatic ring is 1. The highest BCUT2D eigenvalue weighted by atomic mass is 16.5. The van der Waals surface area contributed by atoms with Crippen LogP contribution in [0.2, 0.25) is 0 Å². The number of nitrogens with zero attached hydrogens (tertiary/aromatic N) is 2. The molecular formula is C11H18N4O2. The summed E-state index contributed by atoms with van der Waals surface area (Å²) in [7, 11) is 1.52. The standard InChI is InChI=1S/C11H18N4O2/c1-7(2)15(6-9(13)16)11-8(12)4-5-10(14-11)17-3/h4-5,7H,6,12H2,1-3H3,(H2,13,16). The third-order valence-electron chi connectivity index (χ3n) is 2.31. The Kier molecular flexibility index (Phi) is 4.14. The van der Waals surface area contributed by atoms with Crippen LogP contribution >= 0.6 is 0 Å². The second-order valence-electron chi connectivity index (χ2n) is 3.95. The largest absolute Gasteiger partial charge is 0.481 e. The van der Waals surface area contributed by atoms with Gasteiger partial charge in [0.2, 0.25) is 11.8 Å². The van der Waals surface area contributed by atoms with Crippen LogP contribution in [-0.2, 0) is 4.79 Å². The van der Waals surface area contributed by atoms with Gasteiger partial charge in [0.1, 0.15) is 0 Å². The highest BCUT2D eigenvalue weighted by Gasteiger charge is 2.17. The van der Waals surface area contributed by atoms with E-state index in [1.165, 1.54) is 7.11 Å². The van der Waals surface area contributed by atoms with Crippen molar-refractivity contribution in [1.82, 2.24) is 4.98 Å². The van der Waals surface area contributed by atoms with Gasteiger partial charge in [-0.1, -0.05) is 0 Å². The molecule has 4 N–H and O–H groups in total. The minimum absolute atomic E-state index is 0.0596. The number of anilines is 2. The van der Waals surface area contributed by atoms with Crippen molar-refractivity contribution in [3.8, 4) is 5.88 Å². The second-order valence-corrected chi connectivity index (χ2v) is 3.95. The smallest absolute Gasteiger partial charge is 0.237 e. The first kappa shape index (κ1) is 13.1. The lowest BCUT2D eigenvalue weighted by Crippen LogP contribution is -2.39. The van der Waals surface area contributed by atoms with E-state index in [9.17, 15) is 4.79 Å². The number of primary amides is 1. The van der Waals surface area contributed by atoms with E-state index in [1.807, 2.05) is 13.8 Å². The van der Waals surface area contributed by atoms with Crippen molar-refractivity contribution >= 4 is 17.4 Å². The van der Waals surface area contributed by atoms with Crippen LogP contribution in [0.15, 0.2) is 12.1 Å². The second kappa shape index (κ2) is 5.38. The van der Waals surface area contributed by atoms with Gasteiger partial charge < -0.3 is 21.1 Å². The number of carbonyl (C=O) groups is 1. The molecule has 0 aliphatic rings. The molecule has 0 aliphatic carbocycles. The maximum Gasteiger partial charge on any atom is 0.237 e. The number of methoxy groups -OCH3 is 1. The van der Waals surface area contributed by atoms with Gasteiger partial charge in [-0.05, 0) is 19.9 Å². The maximum absolute atomic E-state index is 11.0. The first-order valence-corrected chi connectivity index (χ1v) is 5.31. The summed E-state index contributed by atoms with van der Waals surface area (Å²) in [5.74, 6) is 0.533. The summed E-state index contributed by atoms with van der Waals surface area (Å²) in [4.78, 5) is 17.0. The average Bonchev–Trinajstić information content (AvgIpc) is 2.26. The topological polar surface area (TPSA) is 94.5 Å². The first-order valence-electron chi connectivity index (χ1n) is 5.31. The Morgan fingerprint density at radius 2 is 2.18 bits per heavy atom.